The van der Waals surface area contributed by atoms with Crippen LogP contribution in [0.15, 0.2) is 63.7 Å². The smallest absolute Gasteiger partial charge is 0.277 e. The van der Waals surface area contributed by atoms with Crippen molar-refractivity contribution in [3.8, 4) is 5.75 Å². The lowest BCUT2D eigenvalue weighted by molar-refractivity contribution is -0.123. The molecule has 24 heavy (non-hydrogen) atoms. The number of nitrogens with zero attached hydrogens (tertiary/aromatic N) is 1. The first-order chi connectivity index (χ1) is 11.5. The van der Waals surface area contributed by atoms with Crippen molar-refractivity contribution in [2.75, 3.05) is 6.61 Å². The molecule has 0 aliphatic rings. The highest BCUT2D eigenvalue weighted by Gasteiger charge is 2.05. The minimum Gasteiger partial charge on any atom is -0.483 e. The summed E-state index contributed by atoms with van der Waals surface area (Å²) in [5.74, 6) is 0.194. The zero-order valence-electron chi connectivity index (χ0n) is 13.0. The molecule has 2 rings (SSSR count). The maximum atomic E-state index is 11.7. The Morgan fingerprint density at radius 1 is 1.29 bits per heavy atom. The van der Waals surface area contributed by atoms with Gasteiger partial charge >= 0.3 is 0 Å². The van der Waals surface area contributed by atoms with Crippen LogP contribution in [0, 0.1) is 0 Å². The lowest BCUT2D eigenvalue weighted by Gasteiger charge is -2.07. The molecule has 0 bridgehead atoms. The molecule has 0 unspecified atom stereocenters. The fourth-order valence-electron chi connectivity index (χ4n) is 1.82. The first-order valence-corrected chi connectivity index (χ1v) is 8.35. The zero-order chi connectivity index (χ0) is 17.4. The molecule has 0 radical (unpaired) electrons. The monoisotopic (exact) mass is 406 g/mol. The lowest BCUT2D eigenvalue weighted by Crippen LogP contribution is -2.24. The third kappa shape index (κ3) is 6.18. The van der Waals surface area contributed by atoms with Gasteiger partial charge in [0, 0.05) is 5.02 Å². The van der Waals surface area contributed by atoms with Crippen LogP contribution in [0.1, 0.15) is 12.5 Å². The molecule has 0 saturated carbocycles. The van der Waals surface area contributed by atoms with Crippen molar-refractivity contribution < 1.29 is 9.53 Å². The Bertz CT molecular complexity index is 761. The van der Waals surface area contributed by atoms with Gasteiger partial charge in [0.25, 0.3) is 5.91 Å². The van der Waals surface area contributed by atoms with Crippen LogP contribution >= 0.6 is 27.5 Å². The maximum absolute atomic E-state index is 11.7. The Morgan fingerprint density at radius 3 is 2.75 bits per heavy atom. The van der Waals surface area contributed by atoms with Gasteiger partial charge in [-0.2, -0.15) is 5.10 Å². The van der Waals surface area contributed by atoms with E-state index in [1.807, 2.05) is 43.3 Å². The molecule has 0 aromatic heterocycles. The van der Waals surface area contributed by atoms with E-state index in [0.29, 0.717) is 15.2 Å². The molecule has 2 aromatic rings. The van der Waals surface area contributed by atoms with E-state index in [1.54, 1.807) is 24.4 Å². The summed E-state index contributed by atoms with van der Waals surface area (Å²) in [5, 5.41) is 4.50. The van der Waals surface area contributed by atoms with Crippen LogP contribution in [0.2, 0.25) is 5.02 Å². The standard InChI is InChI=1S/C18H16BrClN2O2/c1-13(9-14-5-3-2-4-6-14)11-21-22-18(23)12-24-17-8-7-15(20)10-16(17)19/h2-11H,12H2,1H3,(H,22,23). The van der Waals surface area contributed by atoms with Gasteiger partial charge in [0.05, 0.1) is 10.7 Å². The first-order valence-electron chi connectivity index (χ1n) is 7.17. The third-order valence-corrected chi connectivity index (χ3v) is 3.76. The molecule has 0 spiro atoms. The first kappa shape index (κ1) is 18.2. The molecule has 6 heteroatoms. The van der Waals surface area contributed by atoms with E-state index < -0.39 is 0 Å². The topological polar surface area (TPSA) is 50.7 Å². The number of allylic oxidation sites excluding steroid dienone is 1. The molecule has 0 saturated heterocycles. The van der Waals surface area contributed by atoms with Crippen LogP contribution < -0.4 is 10.2 Å². The molecule has 2 aromatic carbocycles. The summed E-state index contributed by atoms with van der Waals surface area (Å²) in [6.45, 7) is 1.77. The van der Waals surface area contributed by atoms with Gasteiger partial charge in [-0.25, -0.2) is 5.43 Å². The van der Waals surface area contributed by atoms with Gasteiger partial charge < -0.3 is 4.74 Å². The fraction of sp³-hybridized carbons (Fsp3) is 0.111. The molecule has 124 valence electrons. The van der Waals surface area contributed by atoms with Crippen LogP contribution in [0.25, 0.3) is 6.08 Å². The summed E-state index contributed by atoms with van der Waals surface area (Å²) >= 11 is 9.17. The SMILES string of the molecule is CC(C=NNC(=O)COc1ccc(Cl)cc1Br)=Cc1ccccc1. The zero-order valence-corrected chi connectivity index (χ0v) is 15.3. The van der Waals surface area contributed by atoms with Crippen molar-refractivity contribution in [3.63, 3.8) is 0 Å². The normalized spacial score (nSPS) is 11.5. The second-order valence-electron chi connectivity index (χ2n) is 4.96. The van der Waals surface area contributed by atoms with Gasteiger partial charge in [-0.3, -0.25) is 4.79 Å². The summed E-state index contributed by atoms with van der Waals surface area (Å²) in [5.41, 5.74) is 4.42. The number of nitrogens with one attached hydrogen (secondary N) is 1. The Morgan fingerprint density at radius 2 is 2.04 bits per heavy atom. The molecule has 0 fully saturated rings. The average molecular weight is 408 g/mol. The van der Waals surface area contributed by atoms with Gasteiger partial charge in [0.2, 0.25) is 0 Å². The summed E-state index contributed by atoms with van der Waals surface area (Å²) in [7, 11) is 0. The molecule has 0 atom stereocenters. The number of hydrogen-bond donors (Lipinski definition) is 1. The predicted octanol–water partition coefficient (Wildman–Crippen LogP) is 4.69. The van der Waals surface area contributed by atoms with Crippen molar-refractivity contribution >= 4 is 45.7 Å². The minimum absolute atomic E-state index is 0.140. The molecule has 1 amide bonds. The molecular formula is C18H16BrClN2O2. The summed E-state index contributed by atoms with van der Waals surface area (Å²) in [6, 6.07) is 15.0. The highest BCUT2D eigenvalue weighted by molar-refractivity contribution is 9.10. The highest BCUT2D eigenvalue weighted by atomic mass is 79.9. The van der Waals surface area contributed by atoms with E-state index in [-0.39, 0.29) is 12.5 Å². The van der Waals surface area contributed by atoms with E-state index in [4.69, 9.17) is 16.3 Å². The van der Waals surface area contributed by atoms with Crippen LogP contribution in [0.3, 0.4) is 0 Å². The highest BCUT2D eigenvalue weighted by Crippen LogP contribution is 2.27. The number of amides is 1. The molecular weight excluding hydrogens is 392 g/mol. The van der Waals surface area contributed by atoms with Crippen LogP contribution in [0.5, 0.6) is 5.75 Å². The lowest BCUT2D eigenvalue weighted by atomic mass is 10.1. The number of carbonyl (C=O) groups is 1. The van der Waals surface area contributed by atoms with Crippen LogP contribution in [-0.2, 0) is 4.79 Å². The number of halogens is 2. The fourth-order valence-corrected chi connectivity index (χ4v) is 2.62. The number of hydrazone groups is 1. The quantitative estimate of drug-likeness (QED) is 0.558. The number of rotatable bonds is 6. The number of carbonyl (C=O) groups excluding carboxylic acids is 1. The van der Waals surface area contributed by atoms with Gasteiger partial charge in [0.15, 0.2) is 6.61 Å². The summed E-state index contributed by atoms with van der Waals surface area (Å²) in [6.07, 6.45) is 3.56. The summed E-state index contributed by atoms with van der Waals surface area (Å²) < 4.78 is 6.09. The van der Waals surface area contributed by atoms with Crippen molar-refractivity contribution in [2.24, 2.45) is 5.10 Å². The van der Waals surface area contributed by atoms with E-state index >= 15 is 0 Å². The average Bonchev–Trinajstić information content (AvgIpc) is 2.55. The van der Waals surface area contributed by atoms with Gasteiger partial charge in [-0.05, 0) is 52.2 Å². The Kier molecular flexibility index (Phi) is 7.03. The van der Waals surface area contributed by atoms with Crippen LogP contribution in [0.4, 0.5) is 0 Å². The predicted molar refractivity (Wildman–Crippen MR) is 101 cm³/mol. The van der Waals surface area contributed by atoms with Crippen molar-refractivity contribution in [2.45, 2.75) is 6.92 Å². The number of hydrogen-bond acceptors (Lipinski definition) is 3. The van der Waals surface area contributed by atoms with Crippen molar-refractivity contribution in [1.29, 1.82) is 0 Å². The number of ether oxygens (including phenoxy) is 1. The molecule has 0 aliphatic heterocycles. The molecule has 4 nitrogen and oxygen atoms in total. The second kappa shape index (κ2) is 9.25. The Labute approximate surface area is 154 Å². The van der Waals surface area contributed by atoms with E-state index in [9.17, 15) is 4.79 Å². The molecule has 1 N–H and O–H groups in total. The third-order valence-electron chi connectivity index (χ3n) is 2.90. The Balaban J connectivity index is 1.81. The van der Waals surface area contributed by atoms with Crippen LogP contribution in [-0.4, -0.2) is 18.7 Å². The number of benzene rings is 2. The largest absolute Gasteiger partial charge is 0.483 e. The van der Waals surface area contributed by atoms with Crippen molar-refractivity contribution in [3.05, 3.63) is 69.2 Å². The van der Waals surface area contributed by atoms with E-state index in [2.05, 4.69) is 26.5 Å². The summed E-state index contributed by atoms with van der Waals surface area (Å²) in [4.78, 5) is 11.7. The van der Waals surface area contributed by atoms with E-state index in [0.717, 1.165) is 11.1 Å². The van der Waals surface area contributed by atoms with Gasteiger partial charge in [-0.1, -0.05) is 48.0 Å². The molecule has 0 aliphatic carbocycles. The second-order valence-corrected chi connectivity index (χ2v) is 6.25. The van der Waals surface area contributed by atoms with Gasteiger partial charge in [0.1, 0.15) is 5.75 Å². The molecule has 0 heterocycles. The van der Waals surface area contributed by atoms with E-state index in [1.165, 1.54) is 0 Å². The Hall–Kier alpha value is -2.11. The minimum atomic E-state index is -0.347. The van der Waals surface area contributed by atoms with Gasteiger partial charge in [-0.15, -0.1) is 0 Å². The van der Waals surface area contributed by atoms with Crippen molar-refractivity contribution in [1.82, 2.24) is 5.43 Å². The maximum Gasteiger partial charge on any atom is 0.277 e.